The maximum atomic E-state index is 13.2. The van der Waals surface area contributed by atoms with E-state index in [4.69, 9.17) is 22.1 Å². The van der Waals surface area contributed by atoms with Gasteiger partial charge in [0.2, 0.25) is 5.88 Å². The quantitative estimate of drug-likeness (QED) is 0.548. The van der Waals surface area contributed by atoms with Crippen molar-refractivity contribution in [3.05, 3.63) is 51.5 Å². The molecule has 0 radical (unpaired) electrons. The van der Waals surface area contributed by atoms with Crippen LogP contribution in [0.2, 0.25) is 5.02 Å². The van der Waals surface area contributed by atoms with Crippen molar-refractivity contribution in [3.63, 3.8) is 0 Å². The molecule has 166 valence electrons. The molecular weight excluding hydrogens is 461 g/mol. The summed E-state index contributed by atoms with van der Waals surface area (Å²) in [5, 5.41) is 5.03. The highest BCUT2D eigenvalue weighted by atomic mass is 35.5. The number of para-hydroxylation sites is 1. The number of amides is 1. The molecule has 2 aromatic rings. The van der Waals surface area contributed by atoms with Gasteiger partial charge in [0.15, 0.2) is 6.61 Å². The fraction of sp³-hybridized carbons (Fsp3) is 0.222. The van der Waals surface area contributed by atoms with Crippen molar-refractivity contribution in [2.75, 3.05) is 29.8 Å². The zero-order chi connectivity index (χ0) is 22.8. The highest BCUT2D eigenvalue weighted by Crippen LogP contribution is 2.34. The SMILES string of the molecule is COC(=O)c1scc(N)c1NC(=O)COC1=CC(C(F)(F)F)NN1c1ccccc1Cl. The summed E-state index contributed by atoms with van der Waals surface area (Å²) in [6.45, 7) is -0.658. The Bertz CT molecular complexity index is 1030. The van der Waals surface area contributed by atoms with E-state index >= 15 is 0 Å². The van der Waals surface area contributed by atoms with Gasteiger partial charge < -0.3 is 20.5 Å². The second-order valence-corrected chi connectivity index (χ2v) is 7.45. The number of nitrogens with two attached hydrogens (primary N) is 1. The van der Waals surface area contributed by atoms with E-state index in [1.807, 2.05) is 0 Å². The van der Waals surface area contributed by atoms with Crippen LogP contribution in [0.25, 0.3) is 0 Å². The van der Waals surface area contributed by atoms with Crippen LogP contribution in [0, 0.1) is 0 Å². The van der Waals surface area contributed by atoms with Gasteiger partial charge in [0.05, 0.1) is 29.2 Å². The molecule has 0 spiro atoms. The van der Waals surface area contributed by atoms with Gasteiger partial charge in [0.1, 0.15) is 10.9 Å². The summed E-state index contributed by atoms with van der Waals surface area (Å²) < 4.78 is 49.6. The smallest absolute Gasteiger partial charge is 0.409 e. The van der Waals surface area contributed by atoms with E-state index in [9.17, 15) is 22.8 Å². The molecule has 0 saturated carbocycles. The normalized spacial score (nSPS) is 16.1. The number of benzene rings is 1. The summed E-state index contributed by atoms with van der Waals surface area (Å²) in [5.41, 5.74) is 8.38. The van der Waals surface area contributed by atoms with Crippen molar-refractivity contribution < 1.29 is 32.2 Å². The van der Waals surface area contributed by atoms with Crippen molar-refractivity contribution in [3.8, 4) is 0 Å². The van der Waals surface area contributed by atoms with Gasteiger partial charge in [-0.3, -0.25) is 4.79 Å². The van der Waals surface area contributed by atoms with Gasteiger partial charge in [-0.15, -0.1) is 11.3 Å². The number of hydrogen-bond donors (Lipinski definition) is 3. The summed E-state index contributed by atoms with van der Waals surface area (Å²) in [6, 6.07) is 4.14. The third kappa shape index (κ3) is 5.03. The Morgan fingerprint density at radius 3 is 2.71 bits per heavy atom. The highest BCUT2D eigenvalue weighted by Gasteiger charge is 2.44. The van der Waals surface area contributed by atoms with Crippen molar-refractivity contribution in [1.82, 2.24) is 5.43 Å². The number of nitrogens with zero attached hydrogens (tertiary/aromatic N) is 1. The first-order valence-electron chi connectivity index (χ1n) is 8.59. The number of methoxy groups -OCH3 is 1. The molecule has 8 nitrogen and oxygen atoms in total. The number of rotatable bonds is 6. The molecule has 0 saturated heterocycles. The Hall–Kier alpha value is -2.96. The van der Waals surface area contributed by atoms with Crippen molar-refractivity contribution >= 4 is 51.9 Å². The minimum Gasteiger partial charge on any atom is -0.468 e. The van der Waals surface area contributed by atoms with Crippen LogP contribution in [0.3, 0.4) is 0 Å². The standard InChI is InChI=1S/C18H16ClF3N4O4S/c1-29-17(28)16-15(10(23)8-31-16)24-13(27)7-30-14-6-12(18(20,21)22)25-26(14)11-5-3-2-4-9(11)19/h2-6,8,12,25H,7,23H2,1H3,(H,24,27). The monoisotopic (exact) mass is 476 g/mol. The maximum Gasteiger partial charge on any atom is 0.409 e. The summed E-state index contributed by atoms with van der Waals surface area (Å²) in [6.07, 6.45) is -3.82. The Morgan fingerprint density at radius 1 is 1.35 bits per heavy atom. The second kappa shape index (κ2) is 9.04. The van der Waals surface area contributed by atoms with Crippen LogP contribution < -0.4 is 21.5 Å². The summed E-state index contributed by atoms with van der Waals surface area (Å²) in [7, 11) is 1.17. The number of alkyl halides is 3. The van der Waals surface area contributed by atoms with E-state index in [1.165, 1.54) is 24.6 Å². The molecule has 0 aliphatic carbocycles. The number of esters is 1. The van der Waals surface area contributed by atoms with Crippen LogP contribution in [0.5, 0.6) is 0 Å². The number of ether oxygens (including phenoxy) is 2. The molecule has 13 heteroatoms. The number of carbonyl (C=O) groups excluding carboxylic acids is 2. The predicted molar refractivity (Wildman–Crippen MR) is 110 cm³/mol. The fourth-order valence-electron chi connectivity index (χ4n) is 2.62. The maximum absolute atomic E-state index is 13.2. The van der Waals surface area contributed by atoms with E-state index < -0.39 is 30.7 Å². The summed E-state index contributed by atoms with van der Waals surface area (Å²) >= 11 is 7.06. The van der Waals surface area contributed by atoms with E-state index in [0.717, 1.165) is 22.4 Å². The molecule has 31 heavy (non-hydrogen) atoms. The number of carbonyl (C=O) groups is 2. The molecule has 1 aromatic heterocycles. The molecule has 1 unspecified atom stereocenters. The first-order chi connectivity index (χ1) is 14.6. The number of halogens is 4. The average molecular weight is 477 g/mol. The van der Waals surface area contributed by atoms with Gasteiger partial charge in [0, 0.05) is 11.5 Å². The van der Waals surface area contributed by atoms with Crippen molar-refractivity contribution in [1.29, 1.82) is 0 Å². The van der Waals surface area contributed by atoms with Crippen LogP contribution >= 0.6 is 22.9 Å². The number of hydrazine groups is 1. The number of anilines is 3. The Labute approximate surface area is 183 Å². The van der Waals surface area contributed by atoms with Crippen LogP contribution in [-0.2, 0) is 14.3 Å². The lowest BCUT2D eigenvalue weighted by Gasteiger charge is -2.25. The molecule has 2 heterocycles. The summed E-state index contributed by atoms with van der Waals surface area (Å²) in [4.78, 5) is 24.2. The third-order valence-corrected chi connectivity index (χ3v) is 5.35. The van der Waals surface area contributed by atoms with Crippen LogP contribution in [0.1, 0.15) is 9.67 Å². The molecule has 1 aliphatic rings. The largest absolute Gasteiger partial charge is 0.468 e. The van der Waals surface area contributed by atoms with Gasteiger partial charge in [-0.2, -0.15) is 13.2 Å². The minimum absolute atomic E-state index is 0.0418. The lowest BCUT2D eigenvalue weighted by Crippen LogP contribution is -2.45. The lowest BCUT2D eigenvalue weighted by atomic mass is 10.3. The molecule has 3 rings (SSSR count). The second-order valence-electron chi connectivity index (χ2n) is 6.16. The Morgan fingerprint density at radius 2 is 2.06 bits per heavy atom. The van der Waals surface area contributed by atoms with Crippen LogP contribution in [0.4, 0.5) is 30.2 Å². The molecule has 0 fully saturated rings. The predicted octanol–water partition coefficient (Wildman–Crippen LogP) is 3.52. The van der Waals surface area contributed by atoms with Gasteiger partial charge in [-0.25, -0.2) is 15.2 Å². The number of nitrogen functional groups attached to an aromatic ring is 1. The van der Waals surface area contributed by atoms with Gasteiger partial charge in [-0.05, 0) is 12.1 Å². The average Bonchev–Trinajstić information content (AvgIpc) is 3.30. The molecule has 1 aliphatic heterocycles. The molecule has 1 aromatic carbocycles. The molecular formula is C18H16ClF3N4O4S. The number of hydrogen-bond acceptors (Lipinski definition) is 8. The molecule has 1 atom stereocenters. The van der Waals surface area contributed by atoms with Crippen LogP contribution in [-0.4, -0.2) is 37.8 Å². The zero-order valence-corrected chi connectivity index (χ0v) is 17.4. The van der Waals surface area contributed by atoms with Gasteiger partial charge >= 0.3 is 12.1 Å². The molecule has 4 N–H and O–H groups in total. The molecule has 1 amide bonds. The van der Waals surface area contributed by atoms with E-state index in [1.54, 1.807) is 12.1 Å². The zero-order valence-electron chi connectivity index (χ0n) is 15.8. The number of thiophene rings is 1. The van der Waals surface area contributed by atoms with E-state index in [2.05, 4.69) is 15.5 Å². The van der Waals surface area contributed by atoms with E-state index in [0.29, 0.717) is 0 Å². The topological polar surface area (TPSA) is 106 Å². The van der Waals surface area contributed by atoms with Gasteiger partial charge in [0.25, 0.3) is 5.91 Å². The Kier molecular flexibility index (Phi) is 6.62. The highest BCUT2D eigenvalue weighted by molar-refractivity contribution is 7.13. The first kappa shape index (κ1) is 22.7. The van der Waals surface area contributed by atoms with Gasteiger partial charge in [-0.1, -0.05) is 23.7 Å². The third-order valence-electron chi connectivity index (χ3n) is 4.05. The summed E-state index contributed by atoms with van der Waals surface area (Å²) in [5.74, 6) is -1.71. The number of nitrogens with one attached hydrogen (secondary N) is 2. The minimum atomic E-state index is -4.60. The Balaban J connectivity index is 1.75. The fourth-order valence-corrected chi connectivity index (χ4v) is 3.67. The van der Waals surface area contributed by atoms with Crippen molar-refractivity contribution in [2.45, 2.75) is 12.2 Å². The first-order valence-corrected chi connectivity index (χ1v) is 9.85. The van der Waals surface area contributed by atoms with E-state index in [-0.39, 0.29) is 32.8 Å². The molecule has 0 bridgehead atoms. The van der Waals surface area contributed by atoms with Crippen LogP contribution in [0.15, 0.2) is 41.6 Å². The van der Waals surface area contributed by atoms with Crippen molar-refractivity contribution in [2.24, 2.45) is 0 Å². The lowest BCUT2D eigenvalue weighted by molar-refractivity contribution is -0.142.